The Bertz CT molecular complexity index is 619. The van der Waals surface area contributed by atoms with Gasteiger partial charge in [-0.05, 0) is 56.4 Å². The highest BCUT2D eigenvalue weighted by atomic mass is 32.1. The minimum Gasteiger partial charge on any atom is -0.399 e. The molecule has 1 aliphatic rings. The van der Waals surface area contributed by atoms with Crippen LogP contribution in [0.3, 0.4) is 0 Å². The van der Waals surface area contributed by atoms with Crippen LogP contribution >= 0.6 is 11.3 Å². The third kappa shape index (κ3) is 2.67. The van der Waals surface area contributed by atoms with Gasteiger partial charge in [-0.3, -0.25) is 10.1 Å². The molecule has 0 saturated carbocycles. The van der Waals surface area contributed by atoms with Crippen molar-refractivity contribution in [1.82, 2.24) is 4.98 Å². The minimum atomic E-state index is -0.147. The number of aromatic nitrogens is 1. The summed E-state index contributed by atoms with van der Waals surface area (Å²) in [6.07, 6.45) is 4.52. The first kappa shape index (κ1) is 13.1. The molecular weight excluding hydrogens is 270 g/mol. The van der Waals surface area contributed by atoms with Crippen LogP contribution in [0.2, 0.25) is 0 Å². The molecule has 0 radical (unpaired) electrons. The van der Waals surface area contributed by atoms with Crippen LogP contribution in [0.4, 0.5) is 10.8 Å². The molecule has 1 aromatic heterocycles. The number of nitrogens with one attached hydrogen (secondary N) is 1. The number of anilines is 2. The number of fused-ring (bicyclic) bond motifs is 1. The van der Waals surface area contributed by atoms with Crippen molar-refractivity contribution in [3.63, 3.8) is 0 Å². The molecule has 3 rings (SSSR count). The quantitative estimate of drug-likeness (QED) is 0.834. The van der Waals surface area contributed by atoms with Gasteiger partial charge in [-0.1, -0.05) is 0 Å². The van der Waals surface area contributed by atoms with Crippen molar-refractivity contribution in [3.8, 4) is 0 Å². The van der Waals surface area contributed by atoms with Crippen LogP contribution in [0.5, 0.6) is 0 Å². The summed E-state index contributed by atoms with van der Waals surface area (Å²) in [6.45, 7) is 1.93. The predicted octanol–water partition coefficient (Wildman–Crippen LogP) is 3.16. The molecule has 0 unspecified atom stereocenters. The zero-order valence-corrected chi connectivity index (χ0v) is 12.2. The fourth-order valence-corrected chi connectivity index (χ4v) is 3.56. The van der Waals surface area contributed by atoms with Gasteiger partial charge in [0.05, 0.1) is 5.69 Å². The molecule has 0 fully saturated rings. The third-order valence-corrected chi connectivity index (χ3v) is 4.50. The summed E-state index contributed by atoms with van der Waals surface area (Å²) in [5, 5.41) is 3.58. The summed E-state index contributed by atoms with van der Waals surface area (Å²) in [7, 11) is 0. The highest BCUT2D eigenvalue weighted by Gasteiger charge is 2.17. The van der Waals surface area contributed by atoms with E-state index in [0.717, 1.165) is 24.1 Å². The summed E-state index contributed by atoms with van der Waals surface area (Å²) in [4.78, 5) is 18.1. The van der Waals surface area contributed by atoms with Gasteiger partial charge >= 0.3 is 0 Å². The van der Waals surface area contributed by atoms with Crippen LogP contribution in [-0.2, 0) is 12.8 Å². The van der Waals surface area contributed by atoms with E-state index >= 15 is 0 Å². The molecule has 1 aliphatic carbocycles. The lowest BCUT2D eigenvalue weighted by Gasteiger charge is -2.06. The lowest BCUT2D eigenvalue weighted by molar-refractivity contribution is 0.102. The van der Waals surface area contributed by atoms with Crippen LogP contribution in [0, 0.1) is 6.92 Å². The number of hydrogen-bond donors (Lipinski definition) is 2. The Labute approximate surface area is 122 Å². The molecule has 4 nitrogen and oxygen atoms in total. The number of nitrogens with zero attached hydrogens (tertiary/aromatic N) is 1. The van der Waals surface area contributed by atoms with Crippen molar-refractivity contribution in [2.24, 2.45) is 0 Å². The maximum atomic E-state index is 12.2. The van der Waals surface area contributed by atoms with Gasteiger partial charge in [0, 0.05) is 16.1 Å². The molecule has 0 saturated heterocycles. The van der Waals surface area contributed by atoms with Gasteiger partial charge in [-0.25, -0.2) is 4.98 Å². The fraction of sp³-hybridized carbons (Fsp3) is 0.333. The first-order chi connectivity index (χ1) is 9.61. The average Bonchev–Trinajstić information content (AvgIpc) is 2.79. The number of benzene rings is 1. The SMILES string of the molecule is Cc1cc(N)cc(C(=O)Nc2nc3c(s2)CCCC3)c1. The second kappa shape index (κ2) is 5.25. The number of amides is 1. The Morgan fingerprint density at radius 2 is 2.10 bits per heavy atom. The van der Waals surface area contributed by atoms with Crippen molar-refractivity contribution >= 4 is 28.1 Å². The van der Waals surface area contributed by atoms with Crippen molar-refractivity contribution < 1.29 is 4.79 Å². The van der Waals surface area contributed by atoms with Crippen LogP contribution < -0.4 is 11.1 Å². The molecule has 1 heterocycles. The number of rotatable bonds is 2. The maximum absolute atomic E-state index is 12.2. The minimum absolute atomic E-state index is 0.147. The van der Waals surface area contributed by atoms with Crippen molar-refractivity contribution in [1.29, 1.82) is 0 Å². The lowest BCUT2D eigenvalue weighted by Crippen LogP contribution is -2.12. The smallest absolute Gasteiger partial charge is 0.257 e. The predicted molar refractivity (Wildman–Crippen MR) is 82.3 cm³/mol. The van der Waals surface area contributed by atoms with Gasteiger partial charge in [0.15, 0.2) is 5.13 Å². The summed E-state index contributed by atoms with van der Waals surface area (Å²) >= 11 is 1.59. The Kier molecular flexibility index (Phi) is 3.44. The monoisotopic (exact) mass is 287 g/mol. The summed E-state index contributed by atoms with van der Waals surface area (Å²) < 4.78 is 0. The number of aryl methyl sites for hydroxylation is 3. The number of nitrogen functional groups attached to an aromatic ring is 1. The number of carbonyl (C=O) groups excluding carboxylic acids is 1. The molecule has 0 atom stereocenters. The van der Waals surface area contributed by atoms with Gasteiger partial charge in [0.25, 0.3) is 5.91 Å². The molecule has 2 aromatic rings. The normalized spacial score (nSPS) is 13.8. The molecule has 20 heavy (non-hydrogen) atoms. The first-order valence-electron chi connectivity index (χ1n) is 6.79. The topological polar surface area (TPSA) is 68.0 Å². The van der Waals surface area contributed by atoms with E-state index in [4.69, 9.17) is 5.73 Å². The van der Waals surface area contributed by atoms with Crippen LogP contribution in [0.1, 0.15) is 39.3 Å². The molecule has 1 aromatic carbocycles. The van der Waals surface area contributed by atoms with Crippen LogP contribution in [0.15, 0.2) is 18.2 Å². The Morgan fingerprint density at radius 3 is 2.85 bits per heavy atom. The molecule has 0 spiro atoms. The third-order valence-electron chi connectivity index (χ3n) is 3.43. The van der Waals surface area contributed by atoms with E-state index in [1.165, 1.54) is 17.7 Å². The van der Waals surface area contributed by atoms with E-state index in [-0.39, 0.29) is 5.91 Å². The van der Waals surface area contributed by atoms with E-state index in [0.29, 0.717) is 16.4 Å². The molecule has 3 N–H and O–H groups in total. The van der Waals surface area contributed by atoms with E-state index < -0.39 is 0 Å². The summed E-state index contributed by atoms with van der Waals surface area (Å²) in [5.41, 5.74) is 9.09. The molecule has 0 bridgehead atoms. The van der Waals surface area contributed by atoms with Crippen LogP contribution in [0.25, 0.3) is 0 Å². The average molecular weight is 287 g/mol. The largest absolute Gasteiger partial charge is 0.399 e. The Hall–Kier alpha value is -1.88. The number of carbonyl (C=O) groups is 1. The van der Waals surface area contributed by atoms with Crippen molar-refractivity contribution in [2.75, 3.05) is 11.1 Å². The number of hydrogen-bond acceptors (Lipinski definition) is 4. The van der Waals surface area contributed by atoms with Crippen molar-refractivity contribution in [2.45, 2.75) is 32.6 Å². The number of nitrogens with two attached hydrogens (primary N) is 1. The summed E-state index contributed by atoms with van der Waals surface area (Å²) in [5.74, 6) is -0.147. The zero-order chi connectivity index (χ0) is 14.1. The van der Waals surface area contributed by atoms with E-state index in [1.807, 2.05) is 19.1 Å². The first-order valence-corrected chi connectivity index (χ1v) is 7.60. The molecule has 104 valence electrons. The standard InChI is InChI=1S/C15H17N3OS/c1-9-6-10(8-11(16)7-9)14(19)18-15-17-12-4-2-3-5-13(12)20-15/h6-8H,2-5,16H2,1H3,(H,17,18,19). The second-order valence-corrected chi connectivity index (χ2v) is 6.27. The van der Waals surface area contributed by atoms with Gasteiger partial charge < -0.3 is 5.73 Å². The second-order valence-electron chi connectivity index (χ2n) is 5.18. The Morgan fingerprint density at radius 1 is 1.30 bits per heavy atom. The zero-order valence-electron chi connectivity index (χ0n) is 11.4. The van der Waals surface area contributed by atoms with Gasteiger partial charge in [0.2, 0.25) is 0 Å². The van der Waals surface area contributed by atoms with Crippen molar-refractivity contribution in [3.05, 3.63) is 39.9 Å². The van der Waals surface area contributed by atoms with E-state index in [1.54, 1.807) is 17.4 Å². The molecule has 0 aliphatic heterocycles. The van der Waals surface area contributed by atoms with Gasteiger partial charge in [0.1, 0.15) is 0 Å². The maximum Gasteiger partial charge on any atom is 0.257 e. The molecular formula is C15H17N3OS. The highest BCUT2D eigenvalue weighted by molar-refractivity contribution is 7.15. The van der Waals surface area contributed by atoms with Gasteiger partial charge in [-0.15, -0.1) is 11.3 Å². The van der Waals surface area contributed by atoms with E-state index in [9.17, 15) is 4.79 Å². The van der Waals surface area contributed by atoms with Gasteiger partial charge in [-0.2, -0.15) is 0 Å². The summed E-state index contributed by atoms with van der Waals surface area (Å²) in [6, 6.07) is 5.37. The molecule has 5 heteroatoms. The lowest BCUT2D eigenvalue weighted by atomic mass is 10.0. The fourth-order valence-electron chi connectivity index (χ4n) is 2.52. The van der Waals surface area contributed by atoms with Crippen LogP contribution in [-0.4, -0.2) is 10.9 Å². The Balaban J connectivity index is 1.80. The highest BCUT2D eigenvalue weighted by Crippen LogP contribution is 2.29. The number of thiazole rings is 1. The van der Waals surface area contributed by atoms with E-state index in [2.05, 4.69) is 10.3 Å². The molecule has 1 amide bonds.